The van der Waals surface area contributed by atoms with Gasteiger partial charge < -0.3 is 9.55 Å². The molecule has 0 atom stereocenters. The molecule has 1 N–H and O–H groups in total. The summed E-state index contributed by atoms with van der Waals surface area (Å²) in [5.74, 6) is 0.737. The Morgan fingerprint density at radius 3 is 2.67 bits per heavy atom. The molecule has 1 aromatic heterocycles. The molecule has 0 unspecified atom stereocenters. The minimum atomic E-state index is 0.737. The zero-order chi connectivity index (χ0) is 9.14. The second-order valence-corrected chi connectivity index (χ2v) is 3.96. The van der Waals surface area contributed by atoms with Crippen LogP contribution in [0, 0.1) is 17.6 Å². The van der Waals surface area contributed by atoms with Crippen LogP contribution in [0.4, 0.5) is 0 Å². The van der Waals surface area contributed by atoms with E-state index in [1.807, 2.05) is 6.20 Å². The number of hydrogen-bond donors (Lipinski definition) is 1. The van der Waals surface area contributed by atoms with Gasteiger partial charge in [-0.15, -0.1) is 0 Å². The van der Waals surface area contributed by atoms with Crippen molar-refractivity contribution >= 4 is 12.2 Å². The van der Waals surface area contributed by atoms with E-state index in [0.29, 0.717) is 0 Å². The summed E-state index contributed by atoms with van der Waals surface area (Å²) in [7, 11) is 0. The lowest BCUT2D eigenvalue weighted by Gasteiger charge is -2.06. The molecule has 0 aliphatic heterocycles. The molecule has 0 bridgehead atoms. The molecule has 0 radical (unpaired) electrons. The minimum Gasteiger partial charge on any atom is -0.337 e. The maximum Gasteiger partial charge on any atom is 0.177 e. The fourth-order valence-corrected chi connectivity index (χ4v) is 1.44. The first kappa shape index (κ1) is 9.52. The van der Waals surface area contributed by atoms with Gasteiger partial charge in [-0.05, 0) is 31.5 Å². The Morgan fingerprint density at radius 2 is 2.25 bits per heavy atom. The Labute approximate surface area is 78.6 Å². The number of aromatic nitrogens is 2. The van der Waals surface area contributed by atoms with Gasteiger partial charge in [0.1, 0.15) is 0 Å². The Morgan fingerprint density at radius 1 is 1.58 bits per heavy atom. The molecule has 0 spiro atoms. The molecule has 0 aliphatic rings. The zero-order valence-corrected chi connectivity index (χ0v) is 8.74. The number of hydrogen-bond acceptors (Lipinski definition) is 1. The average Bonchev–Trinajstić information content (AvgIpc) is 2.28. The monoisotopic (exact) mass is 184 g/mol. The molecular weight excluding hydrogens is 168 g/mol. The summed E-state index contributed by atoms with van der Waals surface area (Å²) in [5.41, 5.74) is 1.22. The first-order valence-electron chi connectivity index (χ1n) is 4.36. The van der Waals surface area contributed by atoms with Crippen molar-refractivity contribution in [2.45, 2.75) is 33.7 Å². The highest BCUT2D eigenvalue weighted by Crippen LogP contribution is 2.06. The minimum absolute atomic E-state index is 0.737. The Kier molecular flexibility index (Phi) is 3.09. The largest absolute Gasteiger partial charge is 0.337 e. The van der Waals surface area contributed by atoms with E-state index in [0.717, 1.165) is 17.2 Å². The first-order chi connectivity index (χ1) is 5.61. The van der Waals surface area contributed by atoms with Gasteiger partial charge in [0.25, 0.3) is 0 Å². The van der Waals surface area contributed by atoms with Crippen LogP contribution >= 0.6 is 12.2 Å². The molecule has 1 aromatic rings. The molecule has 0 saturated carbocycles. The standard InChI is InChI=1S/C9H16N2S/c1-7(2)4-5-11-8(3)6-10-9(11)12/h6-7H,4-5H2,1-3H3,(H,10,12). The van der Waals surface area contributed by atoms with Gasteiger partial charge in [0.2, 0.25) is 0 Å². The van der Waals surface area contributed by atoms with Crippen LogP contribution in [0.2, 0.25) is 0 Å². The Bertz CT molecular complexity index is 296. The Hall–Kier alpha value is -0.570. The van der Waals surface area contributed by atoms with Crippen LogP contribution in [0.1, 0.15) is 26.0 Å². The van der Waals surface area contributed by atoms with E-state index in [9.17, 15) is 0 Å². The maximum atomic E-state index is 5.13. The van der Waals surface area contributed by atoms with Crippen LogP contribution in [0.25, 0.3) is 0 Å². The second-order valence-electron chi connectivity index (χ2n) is 3.57. The second kappa shape index (κ2) is 3.90. The van der Waals surface area contributed by atoms with Gasteiger partial charge in [0.05, 0.1) is 0 Å². The number of aromatic amines is 1. The average molecular weight is 184 g/mol. The molecule has 1 rings (SSSR count). The summed E-state index contributed by atoms with van der Waals surface area (Å²) in [6.07, 6.45) is 3.15. The van der Waals surface area contributed by atoms with Gasteiger partial charge in [0, 0.05) is 18.4 Å². The molecule has 0 aliphatic carbocycles. The summed E-state index contributed by atoms with van der Waals surface area (Å²) in [6, 6.07) is 0. The van der Waals surface area contributed by atoms with Crippen LogP contribution in [0.15, 0.2) is 6.20 Å². The van der Waals surface area contributed by atoms with Crippen LogP contribution in [-0.2, 0) is 6.54 Å². The lowest BCUT2D eigenvalue weighted by Crippen LogP contribution is -2.02. The summed E-state index contributed by atoms with van der Waals surface area (Å²) in [6.45, 7) is 7.57. The van der Waals surface area contributed by atoms with Crippen LogP contribution in [-0.4, -0.2) is 9.55 Å². The SMILES string of the molecule is Cc1c[nH]c(=S)n1CCC(C)C. The van der Waals surface area contributed by atoms with E-state index in [1.54, 1.807) is 0 Å². The number of H-pyrrole nitrogens is 1. The Balaban J connectivity index is 2.68. The molecular formula is C9H16N2S. The van der Waals surface area contributed by atoms with Gasteiger partial charge in [-0.1, -0.05) is 13.8 Å². The summed E-state index contributed by atoms with van der Waals surface area (Å²) >= 11 is 5.13. The third-order valence-electron chi connectivity index (χ3n) is 2.01. The normalized spacial score (nSPS) is 11.0. The molecule has 2 nitrogen and oxygen atoms in total. The molecule has 0 amide bonds. The van der Waals surface area contributed by atoms with Crippen molar-refractivity contribution in [2.75, 3.05) is 0 Å². The van der Waals surface area contributed by atoms with E-state index in [-0.39, 0.29) is 0 Å². The van der Waals surface area contributed by atoms with Gasteiger partial charge in [0.15, 0.2) is 4.77 Å². The first-order valence-corrected chi connectivity index (χ1v) is 4.77. The quantitative estimate of drug-likeness (QED) is 0.716. The van der Waals surface area contributed by atoms with Crippen molar-refractivity contribution in [1.82, 2.24) is 9.55 Å². The molecule has 68 valence electrons. The van der Waals surface area contributed by atoms with E-state index in [1.165, 1.54) is 12.1 Å². The highest BCUT2D eigenvalue weighted by atomic mass is 32.1. The zero-order valence-electron chi connectivity index (χ0n) is 7.92. The maximum absolute atomic E-state index is 5.13. The third-order valence-corrected chi connectivity index (χ3v) is 2.34. The van der Waals surface area contributed by atoms with Crippen LogP contribution in [0.5, 0.6) is 0 Å². The molecule has 0 fully saturated rings. The van der Waals surface area contributed by atoms with Gasteiger partial charge >= 0.3 is 0 Å². The number of nitrogens with zero attached hydrogens (tertiary/aromatic N) is 1. The van der Waals surface area contributed by atoms with Crippen molar-refractivity contribution in [3.63, 3.8) is 0 Å². The van der Waals surface area contributed by atoms with Crippen molar-refractivity contribution in [3.8, 4) is 0 Å². The summed E-state index contributed by atoms with van der Waals surface area (Å²) in [5, 5.41) is 0. The summed E-state index contributed by atoms with van der Waals surface area (Å²) < 4.78 is 2.99. The van der Waals surface area contributed by atoms with Gasteiger partial charge in [-0.2, -0.15) is 0 Å². The van der Waals surface area contributed by atoms with Crippen molar-refractivity contribution in [1.29, 1.82) is 0 Å². The number of nitrogens with one attached hydrogen (secondary N) is 1. The molecule has 3 heteroatoms. The van der Waals surface area contributed by atoms with Gasteiger partial charge in [-0.25, -0.2) is 0 Å². The fraction of sp³-hybridized carbons (Fsp3) is 0.667. The highest BCUT2D eigenvalue weighted by molar-refractivity contribution is 7.71. The van der Waals surface area contributed by atoms with Crippen molar-refractivity contribution in [2.24, 2.45) is 5.92 Å². The van der Waals surface area contributed by atoms with E-state index in [4.69, 9.17) is 12.2 Å². The number of aryl methyl sites for hydroxylation is 1. The molecule has 1 heterocycles. The lowest BCUT2D eigenvalue weighted by molar-refractivity contribution is 0.508. The van der Waals surface area contributed by atoms with Crippen molar-refractivity contribution < 1.29 is 0 Å². The van der Waals surface area contributed by atoms with E-state index >= 15 is 0 Å². The smallest absolute Gasteiger partial charge is 0.177 e. The van der Waals surface area contributed by atoms with E-state index in [2.05, 4.69) is 30.3 Å². The molecule has 12 heavy (non-hydrogen) atoms. The van der Waals surface area contributed by atoms with Gasteiger partial charge in [-0.3, -0.25) is 0 Å². The fourth-order valence-electron chi connectivity index (χ4n) is 1.15. The number of rotatable bonds is 3. The third kappa shape index (κ3) is 2.21. The predicted molar refractivity (Wildman–Crippen MR) is 53.8 cm³/mol. The topological polar surface area (TPSA) is 20.7 Å². The molecule has 0 saturated heterocycles. The summed E-state index contributed by atoms with van der Waals surface area (Å²) in [4.78, 5) is 3.04. The van der Waals surface area contributed by atoms with Crippen molar-refractivity contribution in [3.05, 3.63) is 16.7 Å². The predicted octanol–water partition coefficient (Wildman–Crippen LogP) is 2.90. The molecule has 0 aromatic carbocycles. The highest BCUT2D eigenvalue weighted by Gasteiger charge is 1.99. The number of imidazole rings is 1. The lowest BCUT2D eigenvalue weighted by atomic mass is 10.1. The van der Waals surface area contributed by atoms with E-state index < -0.39 is 0 Å². The van der Waals surface area contributed by atoms with Crippen LogP contribution < -0.4 is 0 Å². The van der Waals surface area contributed by atoms with Crippen LogP contribution in [0.3, 0.4) is 0 Å².